The number of nitrogens with zero attached hydrogens (tertiary/aromatic N) is 6. The molecule has 4 rings (SSSR count). The van der Waals surface area contributed by atoms with Crippen molar-refractivity contribution in [1.29, 1.82) is 5.26 Å². The summed E-state index contributed by atoms with van der Waals surface area (Å²) >= 11 is 6.54. The number of halogens is 1. The van der Waals surface area contributed by atoms with E-state index in [1.165, 1.54) is 6.33 Å². The molecule has 1 aliphatic heterocycles. The SMILES string of the molecule is Cc1nn([C@H](C)c2cc(Cl)c(C#N)c3c2O[C@H](C)CN(CCO)C3)c2ncnc(N)c12. The van der Waals surface area contributed by atoms with Gasteiger partial charge in [0.1, 0.15) is 30.1 Å². The van der Waals surface area contributed by atoms with Crippen molar-refractivity contribution < 1.29 is 9.84 Å². The Morgan fingerprint density at radius 1 is 1.45 bits per heavy atom. The van der Waals surface area contributed by atoms with Gasteiger partial charge >= 0.3 is 0 Å². The number of aromatic nitrogens is 4. The monoisotopic (exact) mass is 441 g/mol. The Morgan fingerprint density at radius 3 is 2.94 bits per heavy atom. The van der Waals surface area contributed by atoms with Crippen molar-refractivity contribution in [1.82, 2.24) is 24.6 Å². The van der Waals surface area contributed by atoms with Crippen LogP contribution < -0.4 is 10.5 Å². The number of nitriles is 1. The first-order chi connectivity index (χ1) is 14.8. The molecule has 9 nitrogen and oxygen atoms in total. The standard InChI is InChI=1S/C21H24ClN7O2/c1-11-8-28(4-5-30)9-16-15(7-23)17(22)6-14(19(16)31-11)13(3)29-21-18(12(2)27-29)20(24)25-10-26-21/h6,10-11,13,30H,4-5,8-9H2,1-3H3,(H2,24,25,26)/t11-,13-/m1/s1. The molecule has 31 heavy (non-hydrogen) atoms. The summed E-state index contributed by atoms with van der Waals surface area (Å²) < 4.78 is 8.10. The molecule has 3 heterocycles. The molecule has 0 amide bonds. The summed E-state index contributed by atoms with van der Waals surface area (Å²) in [6, 6.07) is 3.69. The lowest BCUT2D eigenvalue weighted by Crippen LogP contribution is -2.33. The van der Waals surface area contributed by atoms with E-state index in [9.17, 15) is 10.4 Å². The van der Waals surface area contributed by atoms with Crippen molar-refractivity contribution in [3.63, 3.8) is 0 Å². The second-order valence-electron chi connectivity index (χ2n) is 7.79. The zero-order chi connectivity index (χ0) is 22.3. The predicted octanol–water partition coefficient (Wildman–Crippen LogP) is 2.43. The maximum Gasteiger partial charge on any atom is 0.164 e. The van der Waals surface area contributed by atoms with E-state index in [-0.39, 0.29) is 18.8 Å². The van der Waals surface area contributed by atoms with Gasteiger partial charge in [0.25, 0.3) is 0 Å². The van der Waals surface area contributed by atoms with Gasteiger partial charge in [0.2, 0.25) is 0 Å². The van der Waals surface area contributed by atoms with Gasteiger partial charge in [-0.2, -0.15) is 10.4 Å². The third-order valence-corrected chi connectivity index (χ3v) is 5.91. The Balaban J connectivity index is 1.91. The topological polar surface area (TPSA) is 126 Å². The number of hydrogen-bond acceptors (Lipinski definition) is 8. The normalized spacial score (nSPS) is 17.6. The molecule has 0 spiro atoms. The highest BCUT2D eigenvalue weighted by Gasteiger charge is 2.30. The molecule has 3 N–H and O–H groups in total. The molecular weight excluding hydrogens is 418 g/mol. The van der Waals surface area contributed by atoms with Crippen LogP contribution in [0.15, 0.2) is 12.4 Å². The van der Waals surface area contributed by atoms with Crippen molar-refractivity contribution in [3.05, 3.63) is 39.8 Å². The van der Waals surface area contributed by atoms with E-state index < -0.39 is 0 Å². The first kappa shape index (κ1) is 21.3. The molecule has 0 saturated heterocycles. The fourth-order valence-corrected chi connectivity index (χ4v) is 4.47. The number of anilines is 1. The van der Waals surface area contributed by atoms with Gasteiger partial charge in [-0.25, -0.2) is 14.6 Å². The molecule has 0 fully saturated rings. The lowest BCUT2D eigenvalue weighted by atomic mass is 9.98. The lowest BCUT2D eigenvalue weighted by molar-refractivity contribution is 0.137. The average molecular weight is 442 g/mol. The van der Waals surface area contributed by atoms with E-state index in [0.29, 0.717) is 52.8 Å². The molecule has 0 bridgehead atoms. The Morgan fingerprint density at radius 2 is 2.23 bits per heavy atom. The maximum atomic E-state index is 9.76. The van der Waals surface area contributed by atoms with Crippen molar-refractivity contribution in [2.45, 2.75) is 39.5 Å². The summed E-state index contributed by atoms with van der Waals surface area (Å²) in [5, 5.41) is 24.9. The number of rotatable bonds is 4. The second-order valence-corrected chi connectivity index (χ2v) is 8.20. The molecule has 2 atom stereocenters. The number of nitrogen functional groups attached to an aromatic ring is 1. The summed E-state index contributed by atoms with van der Waals surface area (Å²) in [5.74, 6) is 1.01. The van der Waals surface area contributed by atoms with Gasteiger partial charge in [-0.05, 0) is 26.8 Å². The van der Waals surface area contributed by atoms with Crippen LogP contribution in [-0.4, -0.2) is 55.6 Å². The van der Waals surface area contributed by atoms with Crippen LogP contribution in [0.4, 0.5) is 5.82 Å². The number of nitrogens with two attached hydrogens (primary N) is 1. The molecule has 2 aromatic heterocycles. The number of β-amino-alcohol motifs (C(OH)–C–C–N with tert-alkyl or cyclic N) is 1. The van der Waals surface area contributed by atoms with Gasteiger partial charge in [-0.15, -0.1) is 0 Å². The fourth-order valence-electron chi connectivity index (χ4n) is 4.20. The van der Waals surface area contributed by atoms with Crippen LogP contribution in [0.1, 0.15) is 42.3 Å². The zero-order valence-corrected chi connectivity index (χ0v) is 18.4. The first-order valence-corrected chi connectivity index (χ1v) is 10.4. The molecular formula is C21H24ClN7O2. The number of aryl methyl sites for hydroxylation is 1. The minimum Gasteiger partial charge on any atom is -0.489 e. The van der Waals surface area contributed by atoms with Crippen molar-refractivity contribution in [2.75, 3.05) is 25.4 Å². The second kappa shape index (κ2) is 8.30. The molecule has 0 radical (unpaired) electrons. The first-order valence-electron chi connectivity index (χ1n) is 10.1. The van der Waals surface area contributed by atoms with Gasteiger partial charge < -0.3 is 15.6 Å². The molecule has 0 aliphatic carbocycles. The van der Waals surface area contributed by atoms with E-state index in [4.69, 9.17) is 22.1 Å². The van der Waals surface area contributed by atoms with Gasteiger partial charge in [-0.3, -0.25) is 4.90 Å². The fraction of sp³-hybridized carbons (Fsp3) is 0.429. The van der Waals surface area contributed by atoms with Crippen LogP contribution in [0.5, 0.6) is 5.75 Å². The minimum absolute atomic E-state index is 0.0213. The molecule has 1 aliphatic rings. The highest BCUT2D eigenvalue weighted by molar-refractivity contribution is 6.32. The Bertz CT molecular complexity index is 1190. The van der Waals surface area contributed by atoms with Crippen LogP contribution in [0, 0.1) is 18.3 Å². The van der Waals surface area contributed by atoms with Gasteiger partial charge in [0.05, 0.1) is 34.3 Å². The van der Waals surface area contributed by atoms with Crippen molar-refractivity contribution >= 4 is 28.5 Å². The quantitative estimate of drug-likeness (QED) is 0.632. The summed E-state index contributed by atoms with van der Waals surface area (Å²) in [6.07, 6.45) is 1.28. The Hall–Kier alpha value is -2.93. The smallest absolute Gasteiger partial charge is 0.164 e. The molecule has 0 saturated carbocycles. The van der Waals surface area contributed by atoms with Crippen LogP contribution in [0.2, 0.25) is 5.02 Å². The average Bonchev–Trinajstić information content (AvgIpc) is 2.97. The molecule has 1 aromatic carbocycles. The number of ether oxygens (including phenoxy) is 1. The van der Waals surface area contributed by atoms with E-state index >= 15 is 0 Å². The lowest BCUT2D eigenvalue weighted by Gasteiger charge is -2.22. The van der Waals surface area contributed by atoms with Crippen LogP contribution >= 0.6 is 11.6 Å². The number of aliphatic hydroxyl groups is 1. The molecule has 3 aromatic rings. The highest BCUT2D eigenvalue weighted by atomic mass is 35.5. The van der Waals surface area contributed by atoms with E-state index in [1.807, 2.05) is 20.8 Å². The van der Waals surface area contributed by atoms with Crippen molar-refractivity contribution in [3.8, 4) is 11.8 Å². The third kappa shape index (κ3) is 3.67. The third-order valence-electron chi connectivity index (χ3n) is 5.61. The van der Waals surface area contributed by atoms with E-state index in [2.05, 4.69) is 26.0 Å². The largest absolute Gasteiger partial charge is 0.489 e. The number of fused-ring (bicyclic) bond motifs is 2. The minimum atomic E-state index is -0.291. The summed E-state index contributed by atoms with van der Waals surface area (Å²) in [4.78, 5) is 10.5. The van der Waals surface area contributed by atoms with Gasteiger partial charge in [0, 0.05) is 30.8 Å². The van der Waals surface area contributed by atoms with Gasteiger partial charge in [-0.1, -0.05) is 11.6 Å². The molecule has 0 unspecified atom stereocenters. The number of aliphatic hydroxyl groups excluding tert-OH is 1. The Kier molecular flexibility index (Phi) is 5.71. The highest BCUT2D eigenvalue weighted by Crippen LogP contribution is 2.40. The van der Waals surface area contributed by atoms with E-state index in [1.54, 1.807) is 10.7 Å². The number of hydrogen-bond donors (Lipinski definition) is 2. The zero-order valence-electron chi connectivity index (χ0n) is 17.6. The van der Waals surface area contributed by atoms with Crippen molar-refractivity contribution in [2.24, 2.45) is 0 Å². The summed E-state index contributed by atoms with van der Waals surface area (Å²) in [7, 11) is 0. The maximum absolute atomic E-state index is 9.76. The predicted molar refractivity (Wildman–Crippen MR) is 117 cm³/mol. The van der Waals surface area contributed by atoms with Crippen LogP contribution in [0.3, 0.4) is 0 Å². The van der Waals surface area contributed by atoms with Crippen LogP contribution in [0.25, 0.3) is 11.0 Å². The van der Waals surface area contributed by atoms with E-state index in [0.717, 1.165) is 16.8 Å². The molecule has 10 heteroatoms. The summed E-state index contributed by atoms with van der Waals surface area (Å²) in [5.41, 5.74) is 9.31. The molecule has 162 valence electrons. The Labute approximate surface area is 185 Å². The number of benzene rings is 1. The van der Waals surface area contributed by atoms with Crippen LogP contribution in [-0.2, 0) is 6.54 Å². The van der Waals surface area contributed by atoms with Gasteiger partial charge in [0.15, 0.2) is 5.65 Å². The summed E-state index contributed by atoms with van der Waals surface area (Å²) in [6.45, 7) is 7.39.